The molecule has 1 amide bonds. The second-order valence-corrected chi connectivity index (χ2v) is 6.69. The zero-order chi connectivity index (χ0) is 15.7. The number of amides is 1. The highest BCUT2D eigenvalue weighted by atomic mass is 32.2. The van der Waals surface area contributed by atoms with E-state index in [4.69, 9.17) is 4.42 Å². The molecule has 0 spiro atoms. The van der Waals surface area contributed by atoms with Crippen LogP contribution in [0.15, 0.2) is 34.7 Å². The molecular weight excluding hydrogens is 302 g/mol. The van der Waals surface area contributed by atoms with Crippen molar-refractivity contribution in [1.82, 2.24) is 5.32 Å². The molecule has 0 bridgehead atoms. The zero-order valence-corrected chi connectivity index (χ0v) is 13.0. The molecular formula is C16H17NO4S. The number of thioether (sulfide) groups is 1. The van der Waals surface area contributed by atoms with Gasteiger partial charge in [0.1, 0.15) is 16.9 Å². The molecule has 6 heteroatoms. The van der Waals surface area contributed by atoms with Gasteiger partial charge in [0.25, 0.3) is 0 Å². The largest absolute Gasteiger partial charge is 0.479 e. The fourth-order valence-corrected chi connectivity index (χ4v) is 3.90. The summed E-state index contributed by atoms with van der Waals surface area (Å²) in [6, 6.07) is 9.36. The number of nitrogens with one attached hydrogen (secondary N) is 1. The Hall–Kier alpha value is -1.95. The first kappa shape index (κ1) is 15.0. The van der Waals surface area contributed by atoms with Crippen LogP contribution in [0.3, 0.4) is 0 Å². The van der Waals surface area contributed by atoms with Crippen molar-refractivity contribution in [2.45, 2.75) is 24.8 Å². The van der Waals surface area contributed by atoms with Crippen LogP contribution >= 0.6 is 11.8 Å². The maximum absolute atomic E-state index is 12.4. The van der Waals surface area contributed by atoms with E-state index in [0.717, 1.165) is 16.7 Å². The highest BCUT2D eigenvalue weighted by molar-refractivity contribution is 7.99. The van der Waals surface area contributed by atoms with E-state index >= 15 is 0 Å². The molecule has 1 aromatic heterocycles. The van der Waals surface area contributed by atoms with Crippen LogP contribution in [0.25, 0.3) is 11.0 Å². The van der Waals surface area contributed by atoms with Crippen molar-refractivity contribution in [3.8, 4) is 0 Å². The summed E-state index contributed by atoms with van der Waals surface area (Å²) in [6.07, 6.45) is 0.450. The van der Waals surface area contributed by atoms with Crippen molar-refractivity contribution in [1.29, 1.82) is 0 Å². The van der Waals surface area contributed by atoms with Crippen LogP contribution in [0.2, 0.25) is 0 Å². The Balaban J connectivity index is 1.80. The second kappa shape index (κ2) is 5.68. The number of carbonyl (C=O) groups is 2. The number of aliphatic carboxylic acids is 1. The van der Waals surface area contributed by atoms with Gasteiger partial charge in [0.15, 0.2) is 0 Å². The van der Waals surface area contributed by atoms with Gasteiger partial charge in [0, 0.05) is 11.1 Å². The van der Waals surface area contributed by atoms with Gasteiger partial charge in [0.05, 0.1) is 5.92 Å². The lowest BCUT2D eigenvalue weighted by molar-refractivity contribution is -0.146. The Morgan fingerprint density at radius 1 is 1.41 bits per heavy atom. The van der Waals surface area contributed by atoms with E-state index < -0.39 is 17.4 Å². The number of carbonyl (C=O) groups excluding carboxylic acids is 1. The van der Waals surface area contributed by atoms with Crippen LogP contribution in [0.1, 0.15) is 25.0 Å². The lowest BCUT2D eigenvalue weighted by atomic mass is 9.97. The lowest BCUT2D eigenvalue weighted by Gasteiger charge is -2.25. The first-order chi connectivity index (χ1) is 10.5. The van der Waals surface area contributed by atoms with Gasteiger partial charge in [-0.25, -0.2) is 4.79 Å². The first-order valence-corrected chi connectivity index (χ1v) is 8.29. The van der Waals surface area contributed by atoms with Crippen molar-refractivity contribution >= 4 is 34.6 Å². The number of hydrogen-bond acceptors (Lipinski definition) is 4. The van der Waals surface area contributed by atoms with E-state index in [-0.39, 0.29) is 5.91 Å². The molecule has 22 heavy (non-hydrogen) atoms. The van der Waals surface area contributed by atoms with Gasteiger partial charge in [-0.1, -0.05) is 18.2 Å². The molecule has 5 nitrogen and oxygen atoms in total. The summed E-state index contributed by atoms with van der Waals surface area (Å²) in [5, 5.41) is 13.1. The summed E-state index contributed by atoms with van der Waals surface area (Å²) in [6.45, 7) is 1.73. The quantitative estimate of drug-likeness (QED) is 0.905. The molecule has 1 aromatic carbocycles. The van der Waals surface area contributed by atoms with Gasteiger partial charge >= 0.3 is 5.97 Å². The predicted octanol–water partition coefficient (Wildman–Crippen LogP) is 2.61. The third kappa shape index (κ3) is 2.59. The highest BCUT2D eigenvalue weighted by Crippen LogP contribution is 2.30. The van der Waals surface area contributed by atoms with Crippen molar-refractivity contribution in [2.75, 3.05) is 11.5 Å². The molecule has 1 saturated heterocycles. The molecule has 2 heterocycles. The monoisotopic (exact) mass is 319 g/mol. The molecule has 2 aromatic rings. The van der Waals surface area contributed by atoms with E-state index in [1.165, 1.54) is 0 Å². The van der Waals surface area contributed by atoms with Gasteiger partial charge in [-0.2, -0.15) is 11.8 Å². The van der Waals surface area contributed by atoms with Crippen LogP contribution in [0.4, 0.5) is 0 Å². The van der Waals surface area contributed by atoms with E-state index in [1.807, 2.05) is 30.3 Å². The Labute approximate surface area is 132 Å². The van der Waals surface area contributed by atoms with Crippen molar-refractivity contribution < 1.29 is 19.1 Å². The maximum Gasteiger partial charge on any atom is 0.330 e. The van der Waals surface area contributed by atoms with Crippen molar-refractivity contribution in [3.05, 3.63) is 36.1 Å². The van der Waals surface area contributed by atoms with Crippen LogP contribution in [-0.2, 0) is 9.59 Å². The van der Waals surface area contributed by atoms with E-state index in [2.05, 4.69) is 5.32 Å². The van der Waals surface area contributed by atoms with Crippen LogP contribution < -0.4 is 5.32 Å². The molecule has 2 N–H and O–H groups in total. The standard InChI is InChI=1S/C16H17NO4S/c1-10(13-8-11-4-2-3-5-12(11)21-13)14(18)17-16(15(19)20)6-7-22-9-16/h2-5,8,10H,6-7,9H2,1H3,(H,17,18)(H,19,20). The average molecular weight is 319 g/mol. The predicted molar refractivity (Wildman–Crippen MR) is 85.1 cm³/mol. The normalized spacial score (nSPS) is 22.6. The van der Waals surface area contributed by atoms with E-state index in [1.54, 1.807) is 18.7 Å². The fraction of sp³-hybridized carbons (Fsp3) is 0.375. The van der Waals surface area contributed by atoms with Gasteiger partial charge in [-0.05, 0) is 31.2 Å². The SMILES string of the molecule is CC(C(=O)NC1(C(=O)O)CCSC1)c1cc2ccccc2o1. The third-order valence-electron chi connectivity index (χ3n) is 4.06. The number of carboxylic acid groups (broad SMARTS) is 1. The molecule has 1 aliphatic rings. The Morgan fingerprint density at radius 3 is 2.82 bits per heavy atom. The van der Waals surface area contributed by atoms with E-state index in [9.17, 15) is 14.7 Å². The molecule has 1 aliphatic heterocycles. The van der Waals surface area contributed by atoms with Crippen LogP contribution in [0, 0.1) is 0 Å². The highest BCUT2D eigenvalue weighted by Gasteiger charge is 2.44. The second-order valence-electron chi connectivity index (χ2n) is 5.59. The van der Waals surface area contributed by atoms with Crippen LogP contribution in [0.5, 0.6) is 0 Å². The molecule has 116 valence electrons. The Bertz CT molecular complexity index is 685. The van der Waals surface area contributed by atoms with Gasteiger partial charge in [0.2, 0.25) is 5.91 Å². The number of carboxylic acids is 1. The fourth-order valence-electron chi connectivity index (χ4n) is 2.57. The van der Waals surface area contributed by atoms with Gasteiger partial charge in [-0.15, -0.1) is 0 Å². The van der Waals surface area contributed by atoms with Gasteiger partial charge < -0.3 is 14.8 Å². The smallest absolute Gasteiger partial charge is 0.330 e. The molecule has 0 aliphatic carbocycles. The number of rotatable bonds is 4. The van der Waals surface area contributed by atoms with Crippen molar-refractivity contribution in [2.24, 2.45) is 0 Å². The number of fused-ring (bicyclic) bond motifs is 1. The Morgan fingerprint density at radius 2 is 2.18 bits per heavy atom. The van der Waals surface area contributed by atoms with Crippen LogP contribution in [-0.4, -0.2) is 34.0 Å². The summed E-state index contributed by atoms with van der Waals surface area (Å²) < 4.78 is 5.70. The summed E-state index contributed by atoms with van der Waals surface area (Å²) in [4.78, 5) is 23.9. The minimum atomic E-state index is -1.15. The molecule has 0 radical (unpaired) electrons. The number of benzene rings is 1. The van der Waals surface area contributed by atoms with Crippen molar-refractivity contribution in [3.63, 3.8) is 0 Å². The van der Waals surface area contributed by atoms with Gasteiger partial charge in [-0.3, -0.25) is 4.79 Å². The number of furan rings is 1. The number of hydrogen-bond donors (Lipinski definition) is 2. The first-order valence-electron chi connectivity index (χ1n) is 7.13. The molecule has 3 rings (SSSR count). The minimum Gasteiger partial charge on any atom is -0.479 e. The zero-order valence-electron chi connectivity index (χ0n) is 12.2. The van der Waals surface area contributed by atoms with E-state index in [0.29, 0.717) is 17.9 Å². The Kier molecular flexibility index (Phi) is 3.87. The summed E-state index contributed by atoms with van der Waals surface area (Å²) in [5.41, 5.74) is -0.427. The third-order valence-corrected chi connectivity index (χ3v) is 5.25. The minimum absolute atomic E-state index is 0.316. The lowest BCUT2D eigenvalue weighted by Crippen LogP contribution is -2.55. The topological polar surface area (TPSA) is 79.5 Å². The molecule has 2 atom stereocenters. The average Bonchev–Trinajstić information content (AvgIpc) is 3.13. The summed E-state index contributed by atoms with van der Waals surface area (Å²) in [5.74, 6) is -0.127. The maximum atomic E-state index is 12.4. The summed E-state index contributed by atoms with van der Waals surface area (Å²) >= 11 is 1.54. The molecule has 2 unspecified atom stereocenters. The summed E-state index contributed by atoms with van der Waals surface area (Å²) in [7, 11) is 0. The molecule has 0 saturated carbocycles. The number of para-hydroxylation sites is 1. The molecule has 1 fully saturated rings.